The second kappa shape index (κ2) is 6.59. The minimum Gasteiger partial charge on any atom is -0.294 e. The number of carbonyl (C=O) groups excluding carboxylic acids is 1. The van der Waals surface area contributed by atoms with E-state index in [2.05, 4.69) is 4.99 Å². The van der Waals surface area contributed by atoms with Crippen LogP contribution in [0.15, 0.2) is 65.7 Å². The topological polar surface area (TPSA) is 29.4 Å². The monoisotopic (exact) mass is 331 g/mol. The van der Waals surface area contributed by atoms with Gasteiger partial charge in [0, 0.05) is 24.2 Å². The fraction of sp³-hybridized carbons (Fsp3) is 0.263. The molecule has 0 bridgehead atoms. The number of nitrogens with zero attached hydrogens (tertiary/aromatic N) is 1. The van der Waals surface area contributed by atoms with Crippen molar-refractivity contribution in [1.82, 2.24) is 0 Å². The number of ketones is 1. The molecule has 2 aromatic carbocycles. The summed E-state index contributed by atoms with van der Waals surface area (Å²) >= 11 is 0. The number of alkyl halides is 3. The minimum atomic E-state index is -4.44. The van der Waals surface area contributed by atoms with Crippen molar-refractivity contribution in [2.75, 3.05) is 6.54 Å². The zero-order chi connectivity index (χ0) is 17.2. The third-order valence-corrected chi connectivity index (χ3v) is 4.30. The maximum atomic E-state index is 13.5. The van der Waals surface area contributed by atoms with Crippen LogP contribution in [0.1, 0.15) is 22.3 Å². The number of benzene rings is 2. The molecule has 2 atom stereocenters. The Hall–Kier alpha value is -2.43. The van der Waals surface area contributed by atoms with Gasteiger partial charge in [0.2, 0.25) is 0 Å². The molecule has 5 heteroatoms. The van der Waals surface area contributed by atoms with Gasteiger partial charge in [-0.25, -0.2) is 0 Å². The van der Waals surface area contributed by atoms with Crippen molar-refractivity contribution in [1.29, 1.82) is 0 Å². The average molecular weight is 331 g/mol. The lowest BCUT2D eigenvalue weighted by Crippen LogP contribution is -2.41. The quantitative estimate of drug-likeness (QED) is 0.758. The van der Waals surface area contributed by atoms with Gasteiger partial charge in [0.25, 0.3) is 0 Å². The summed E-state index contributed by atoms with van der Waals surface area (Å²) in [5, 5.41) is 0. The molecule has 1 heterocycles. The third kappa shape index (κ3) is 3.40. The van der Waals surface area contributed by atoms with E-state index in [1.165, 1.54) is 0 Å². The Bertz CT molecular complexity index is 738. The molecule has 124 valence electrons. The van der Waals surface area contributed by atoms with Gasteiger partial charge in [0.1, 0.15) is 0 Å². The van der Waals surface area contributed by atoms with E-state index in [1.54, 1.807) is 60.7 Å². The Kier molecular flexibility index (Phi) is 4.51. The SMILES string of the molecule is O=C(c1ccccc1)[C@H]1CN=C(c2ccccc2)C[C@@H]1C(F)(F)F. The fourth-order valence-electron chi connectivity index (χ4n) is 3.02. The van der Waals surface area contributed by atoms with E-state index in [0.29, 0.717) is 16.8 Å². The van der Waals surface area contributed by atoms with E-state index in [-0.39, 0.29) is 13.0 Å². The second-order valence-corrected chi connectivity index (χ2v) is 5.84. The van der Waals surface area contributed by atoms with Crippen molar-refractivity contribution < 1.29 is 18.0 Å². The lowest BCUT2D eigenvalue weighted by Gasteiger charge is -2.31. The van der Waals surface area contributed by atoms with Gasteiger partial charge in [0.15, 0.2) is 5.78 Å². The molecule has 2 nitrogen and oxygen atoms in total. The molecule has 24 heavy (non-hydrogen) atoms. The first-order valence-electron chi connectivity index (χ1n) is 7.71. The van der Waals surface area contributed by atoms with Gasteiger partial charge < -0.3 is 0 Å². The van der Waals surface area contributed by atoms with Crippen molar-refractivity contribution >= 4 is 11.5 Å². The van der Waals surface area contributed by atoms with Crippen molar-refractivity contribution in [2.45, 2.75) is 12.6 Å². The van der Waals surface area contributed by atoms with Crippen LogP contribution in [-0.4, -0.2) is 24.2 Å². The molecule has 0 N–H and O–H groups in total. The molecule has 0 unspecified atom stereocenters. The predicted octanol–water partition coefficient (Wildman–Crippen LogP) is 4.56. The molecule has 1 aliphatic heterocycles. The number of aliphatic imine (C=N–C) groups is 1. The van der Waals surface area contributed by atoms with Gasteiger partial charge in [-0.2, -0.15) is 13.2 Å². The van der Waals surface area contributed by atoms with Crippen LogP contribution in [0.4, 0.5) is 13.2 Å². The maximum Gasteiger partial charge on any atom is 0.392 e. The molecule has 0 aromatic heterocycles. The first kappa shape index (κ1) is 16.4. The van der Waals surface area contributed by atoms with Crippen LogP contribution in [0.5, 0.6) is 0 Å². The number of rotatable bonds is 3. The Morgan fingerprint density at radius 3 is 2.12 bits per heavy atom. The summed E-state index contributed by atoms with van der Waals surface area (Å²) < 4.78 is 40.6. The van der Waals surface area contributed by atoms with Crippen molar-refractivity contribution in [3.8, 4) is 0 Å². The van der Waals surface area contributed by atoms with Crippen molar-refractivity contribution in [3.05, 3.63) is 71.8 Å². The molecule has 0 saturated heterocycles. The van der Waals surface area contributed by atoms with Crippen LogP contribution >= 0.6 is 0 Å². The largest absolute Gasteiger partial charge is 0.392 e. The first-order valence-corrected chi connectivity index (χ1v) is 7.71. The number of carbonyl (C=O) groups is 1. The normalized spacial score (nSPS) is 21.2. The second-order valence-electron chi connectivity index (χ2n) is 5.84. The molecule has 0 spiro atoms. The highest BCUT2D eigenvalue weighted by Gasteiger charge is 2.49. The molecule has 3 rings (SSSR count). The van der Waals surface area contributed by atoms with E-state index >= 15 is 0 Å². The zero-order valence-corrected chi connectivity index (χ0v) is 12.8. The summed E-state index contributed by atoms with van der Waals surface area (Å²) in [7, 11) is 0. The van der Waals surface area contributed by atoms with Gasteiger partial charge in [-0.05, 0) is 5.56 Å². The summed E-state index contributed by atoms with van der Waals surface area (Å²) in [6.45, 7) is -0.137. The van der Waals surface area contributed by atoms with Gasteiger partial charge in [0.05, 0.1) is 11.8 Å². The van der Waals surface area contributed by atoms with E-state index in [0.717, 1.165) is 0 Å². The van der Waals surface area contributed by atoms with Crippen molar-refractivity contribution in [2.24, 2.45) is 16.8 Å². The Morgan fingerprint density at radius 1 is 0.958 bits per heavy atom. The van der Waals surface area contributed by atoms with E-state index in [9.17, 15) is 18.0 Å². The third-order valence-electron chi connectivity index (χ3n) is 4.30. The molecule has 0 amide bonds. The van der Waals surface area contributed by atoms with Gasteiger partial charge in [-0.1, -0.05) is 60.7 Å². The van der Waals surface area contributed by atoms with Crippen LogP contribution in [0.3, 0.4) is 0 Å². The molecular weight excluding hydrogens is 315 g/mol. The lowest BCUT2D eigenvalue weighted by atomic mass is 9.79. The summed E-state index contributed by atoms with van der Waals surface area (Å²) in [6, 6.07) is 16.9. The van der Waals surface area contributed by atoms with Gasteiger partial charge >= 0.3 is 6.18 Å². The van der Waals surface area contributed by atoms with Crippen LogP contribution in [0.25, 0.3) is 0 Å². The molecule has 0 aliphatic carbocycles. The van der Waals surface area contributed by atoms with Crippen molar-refractivity contribution in [3.63, 3.8) is 0 Å². The zero-order valence-electron chi connectivity index (χ0n) is 12.8. The molecule has 0 saturated carbocycles. The fourth-order valence-corrected chi connectivity index (χ4v) is 3.02. The summed E-state index contributed by atoms with van der Waals surface area (Å²) in [5.41, 5.74) is 1.39. The average Bonchev–Trinajstić information content (AvgIpc) is 2.61. The Labute approximate surface area is 138 Å². The standard InChI is InChI=1S/C19H16F3NO/c20-19(21,22)16-11-17(13-7-3-1-4-8-13)23-12-15(16)18(24)14-9-5-2-6-10-14/h1-10,15-16H,11-12H2/t15-,16-/m0/s1. The number of hydrogen-bond acceptors (Lipinski definition) is 2. The molecule has 0 radical (unpaired) electrons. The van der Waals surface area contributed by atoms with Crippen LogP contribution in [0, 0.1) is 11.8 Å². The van der Waals surface area contributed by atoms with Crippen LogP contribution < -0.4 is 0 Å². The predicted molar refractivity (Wildman–Crippen MR) is 86.3 cm³/mol. The smallest absolute Gasteiger partial charge is 0.294 e. The van der Waals surface area contributed by atoms with Gasteiger partial charge in [-0.15, -0.1) is 0 Å². The van der Waals surface area contributed by atoms with Gasteiger partial charge in [-0.3, -0.25) is 9.79 Å². The van der Waals surface area contributed by atoms with Crippen LogP contribution in [-0.2, 0) is 0 Å². The molecular formula is C19H16F3NO. The minimum absolute atomic E-state index is 0.137. The molecule has 0 fully saturated rings. The number of halogens is 3. The van der Waals surface area contributed by atoms with Crippen LogP contribution in [0.2, 0.25) is 0 Å². The summed E-state index contributed by atoms with van der Waals surface area (Å²) in [5.74, 6) is -3.37. The molecule has 1 aliphatic rings. The highest BCUT2D eigenvalue weighted by molar-refractivity contribution is 6.04. The number of Topliss-reactive ketones (excluding diaryl/α,β-unsaturated/α-hetero) is 1. The highest BCUT2D eigenvalue weighted by atomic mass is 19.4. The lowest BCUT2D eigenvalue weighted by molar-refractivity contribution is -0.182. The van der Waals surface area contributed by atoms with E-state index in [4.69, 9.17) is 0 Å². The van der Waals surface area contributed by atoms with E-state index < -0.39 is 23.8 Å². The first-order chi connectivity index (χ1) is 11.5. The summed E-state index contributed by atoms with van der Waals surface area (Å²) in [4.78, 5) is 16.8. The van der Waals surface area contributed by atoms with E-state index in [1.807, 2.05) is 0 Å². The Balaban J connectivity index is 1.92. The number of hydrogen-bond donors (Lipinski definition) is 0. The Morgan fingerprint density at radius 2 is 1.54 bits per heavy atom. The highest BCUT2D eigenvalue weighted by Crippen LogP contribution is 2.39. The maximum absolute atomic E-state index is 13.5. The molecule has 2 aromatic rings. The summed E-state index contributed by atoms with van der Waals surface area (Å²) in [6.07, 6.45) is -4.71.